The zero-order valence-electron chi connectivity index (χ0n) is 11.7. The lowest BCUT2D eigenvalue weighted by molar-refractivity contribution is 0.464. The van der Waals surface area contributed by atoms with Crippen molar-refractivity contribution in [1.29, 1.82) is 0 Å². The first kappa shape index (κ1) is 16.0. The fourth-order valence-electron chi connectivity index (χ4n) is 1.70. The van der Waals surface area contributed by atoms with Gasteiger partial charge in [0.15, 0.2) is 4.67 Å². The highest BCUT2D eigenvalue weighted by atomic mass is 79.9. The minimum Gasteiger partial charge on any atom is -0.451 e. The molecule has 0 saturated heterocycles. The molecule has 8 heteroatoms. The Balaban J connectivity index is 2.27. The van der Waals surface area contributed by atoms with Crippen molar-refractivity contribution >= 4 is 31.6 Å². The van der Waals surface area contributed by atoms with Crippen LogP contribution in [0.2, 0.25) is 0 Å². The van der Waals surface area contributed by atoms with Crippen LogP contribution in [0, 0.1) is 6.92 Å². The first-order valence-corrected chi connectivity index (χ1v) is 8.64. The minimum atomic E-state index is -3.72. The second kappa shape index (κ2) is 6.59. The van der Waals surface area contributed by atoms with Crippen LogP contribution in [-0.4, -0.2) is 19.9 Å². The van der Waals surface area contributed by atoms with Gasteiger partial charge in [-0.15, -0.1) is 0 Å². The summed E-state index contributed by atoms with van der Waals surface area (Å²) in [6.45, 7) is 4.99. The number of aryl methyl sites for hydroxylation is 1. The van der Waals surface area contributed by atoms with Crippen LogP contribution in [0.3, 0.4) is 0 Å². The zero-order chi connectivity index (χ0) is 15.5. The van der Waals surface area contributed by atoms with Crippen LogP contribution < -0.4 is 10.0 Å². The lowest BCUT2D eigenvalue weighted by Crippen LogP contribution is -2.14. The van der Waals surface area contributed by atoms with Gasteiger partial charge >= 0.3 is 0 Å². The van der Waals surface area contributed by atoms with Crippen molar-refractivity contribution in [2.24, 2.45) is 0 Å². The predicted molar refractivity (Wildman–Crippen MR) is 83.6 cm³/mol. The van der Waals surface area contributed by atoms with Crippen LogP contribution in [0.4, 0.5) is 5.69 Å². The van der Waals surface area contributed by atoms with Crippen LogP contribution >= 0.6 is 15.9 Å². The summed E-state index contributed by atoms with van der Waals surface area (Å²) in [4.78, 5) is 4.01. The molecule has 0 amide bonds. The number of aromatic nitrogens is 1. The molecule has 114 valence electrons. The normalized spacial score (nSPS) is 11.6. The average Bonchev–Trinajstić information content (AvgIpc) is 2.81. The van der Waals surface area contributed by atoms with Crippen LogP contribution in [0.1, 0.15) is 18.2 Å². The molecule has 0 aromatic carbocycles. The number of hydrogen-bond donors (Lipinski definition) is 2. The Morgan fingerprint density at radius 3 is 2.86 bits per heavy atom. The molecule has 2 aromatic heterocycles. The molecular weight excluding hydrogens is 358 g/mol. The molecule has 2 aromatic rings. The summed E-state index contributed by atoms with van der Waals surface area (Å²) < 4.78 is 33.0. The van der Waals surface area contributed by atoms with Gasteiger partial charge in [-0.2, -0.15) is 0 Å². The first-order valence-electron chi connectivity index (χ1n) is 6.36. The Bertz CT molecular complexity index is 728. The number of sulfonamides is 1. The van der Waals surface area contributed by atoms with E-state index < -0.39 is 10.0 Å². The molecule has 0 unspecified atom stereocenters. The summed E-state index contributed by atoms with van der Waals surface area (Å²) >= 11 is 3.15. The molecule has 0 radical (unpaired) electrons. The predicted octanol–water partition coefficient (Wildman–Crippen LogP) is 2.66. The van der Waals surface area contributed by atoms with Crippen molar-refractivity contribution in [3.8, 4) is 0 Å². The van der Waals surface area contributed by atoms with E-state index in [0.717, 1.165) is 12.1 Å². The van der Waals surface area contributed by atoms with Crippen molar-refractivity contribution in [2.75, 3.05) is 11.3 Å². The maximum Gasteiger partial charge on any atom is 0.266 e. The molecule has 0 aliphatic rings. The summed E-state index contributed by atoms with van der Waals surface area (Å²) in [6.07, 6.45) is 3.13. The van der Waals surface area contributed by atoms with Crippen molar-refractivity contribution < 1.29 is 12.8 Å². The smallest absolute Gasteiger partial charge is 0.266 e. The SMILES string of the molecule is CCNCc1cc(S(=O)(=O)Nc2ccncc2C)c(Br)o1. The van der Waals surface area contributed by atoms with E-state index in [2.05, 4.69) is 31.0 Å². The van der Waals surface area contributed by atoms with Crippen LogP contribution in [0.5, 0.6) is 0 Å². The highest BCUT2D eigenvalue weighted by Gasteiger charge is 2.23. The Labute approximate surface area is 132 Å². The largest absolute Gasteiger partial charge is 0.451 e. The quantitative estimate of drug-likeness (QED) is 0.812. The molecule has 6 nitrogen and oxygen atoms in total. The van der Waals surface area contributed by atoms with E-state index in [1.165, 1.54) is 12.3 Å². The number of nitrogens with zero attached hydrogens (tertiary/aromatic N) is 1. The van der Waals surface area contributed by atoms with Gasteiger partial charge in [0.1, 0.15) is 10.7 Å². The maximum atomic E-state index is 12.4. The van der Waals surface area contributed by atoms with Crippen LogP contribution in [0.15, 0.2) is 38.5 Å². The maximum absolute atomic E-state index is 12.4. The molecule has 2 rings (SSSR count). The van der Waals surface area contributed by atoms with Gasteiger partial charge in [-0.05, 0) is 41.0 Å². The van der Waals surface area contributed by atoms with Gasteiger partial charge in [-0.1, -0.05) is 6.92 Å². The van der Waals surface area contributed by atoms with Gasteiger partial charge in [0.25, 0.3) is 10.0 Å². The number of rotatable bonds is 6. The second-order valence-corrected chi connectivity index (χ2v) is 6.80. The summed E-state index contributed by atoms with van der Waals surface area (Å²) in [5, 5.41) is 3.08. The van der Waals surface area contributed by atoms with Crippen molar-refractivity contribution in [3.63, 3.8) is 0 Å². The van der Waals surface area contributed by atoms with E-state index >= 15 is 0 Å². The molecule has 0 bridgehead atoms. The fourth-order valence-corrected chi connectivity index (χ4v) is 3.83. The van der Waals surface area contributed by atoms with Crippen molar-refractivity contribution in [1.82, 2.24) is 10.3 Å². The number of pyridine rings is 1. The van der Waals surface area contributed by atoms with E-state index in [-0.39, 0.29) is 9.56 Å². The first-order chi connectivity index (χ1) is 9.94. The van der Waals surface area contributed by atoms with Crippen LogP contribution in [-0.2, 0) is 16.6 Å². The van der Waals surface area contributed by atoms with Gasteiger partial charge in [0.05, 0.1) is 12.2 Å². The summed E-state index contributed by atoms with van der Waals surface area (Å²) in [7, 11) is -3.72. The summed E-state index contributed by atoms with van der Waals surface area (Å²) in [5.74, 6) is 0.551. The van der Waals surface area contributed by atoms with Gasteiger partial charge in [-0.3, -0.25) is 9.71 Å². The standard InChI is InChI=1S/C13H16BrN3O3S/c1-3-15-8-10-6-12(13(14)20-10)21(18,19)17-11-4-5-16-7-9(11)2/h4-7,15H,3,8H2,1-2H3,(H,16,17). The summed E-state index contributed by atoms with van der Waals surface area (Å²) in [6, 6.07) is 3.12. The zero-order valence-corrected chi connectivity index (χ0v) is 14.1. The molecule has 0 spiro atoms. The van der Waals surface area contributed by atoms with E-state index in [0.29, 0.717) is 18.0 Å². The molecule has 0 saturated carbocycles. The Morgan fingerprint density at radius 2 is 2.19 bits per heavy atom. The van der Waals surface area contributed by atoms with E-state index in [1.807, 2.05) is 6.92 Å². The molecular formula is C13H16BrN3O3S. The topological polar surface area (TPSA) is 84.2 Å². The fraction of sp³-hybridized carbons (Fsp3) is 0.308. The van der Waals surface area contributed by atoms with Crippen LogP contribution in [0.25, 0.3) is 0 Å². The van der Waals surface area contributed by atoms with Gasteiger partial charge < -0.3 is 9.73 Å². The van der Waals surface area contributed by atoms with Gasteiger partial charge in [0, 0.05) is 18.5 Å². The molecule has 0 fully saturated rings. The van der Waals surface area contributed by atoms with Crippen molar-refractivity contribution in [3.05, 3.63) is 40.5 Å². The number of nitrogens with one attached hydrogen (secondary N) is 2. The number of furan rings is 1. The lowest BCUT2D eigenvalue weighted by Gasteiger charge is -2.08. The number of anilines is 1. The van der Waals surface area contributed by atoms with E-state index in [9.17, 15) is 8.42 Å². The van der Waals surface area contributed by atoms with Gasteiger partial charge in [0.2, 0.25) is 0 Å². The Hall–Kier alpha value is -1.38. The molecule has 2 heterocycles. The lowest BCUT2D eigenvalue weighted by atomic mass is 10.3. The molecule has 0 aliphatic carbocycles. The highest BCUT2D eigenvalue weighted by Crippen LogP contribution is 2.28. The monoisotopic (exact) mass is 373 g/mol. The Kier molecular flexibility index (Phi) is 5.02. The number of halogens is 1. The Morgan fingerprint density at radius 1 is 1.43 bits per heavy atom. The third kappa shape index (κ3) is 3.84. The van der Waals surface area contributed by atoms with Crippen molar-refractivity contribution in [2.45, 2.75) is 25.3 Å². The van der Waals surface area contributed by atoms with E-state index in [1.54, 1.807) is 19.2 Å². The second-order valence-electron chi connectivity index (χ2n) is 4.43. The average molecular weight is 374 g/mol. The molecule has 2 N–H and O–H groups in total. The highest BCUT2D eigenvalue weighted by molar-refractivity contribution is 9.10. The minimum absolute atomic E-state index is 0.0756. The van der Waals surface area contributed by atoms with E-state index in [4.69, 9.17) is 4.42 Å². The third-order valence-electron chi connectivity index (χ3n) is 2.81. The number of hydrogen-bond acceptors (Lipinski definition) is 5. The molecule has 0 atom stereocenters. The molecule has 0 aliphatic heterocycles. The molecule has 21 heavy (non-hydrogen) atoms. The summed E-state index contributed by atoms with van der Waals surface area (Å²) in [5.41, 5.74) is 1.24. The third-order valence-corrected chi connectivity index (χ3v) is 5.03. The van der Waals surface area contributed by atoms with Gasteiger partial charge in [-0.25, -0.2) is 8.42 Å².